The number of hydrogen-bond acceptors (Lipinski definition) is 4. The van der Waals surface area contributed by atoms with Gasteiger partial charge in [-0.3, -0.25) is 19.6 Å². The maximum atomic E-state index is 12.9. The minimum Gasteiger partial charge on any atom is -0.357 e. The molecular weight excluding hydrogens is 595 g/mol. The zero-order chi connectivity index (χ0) is 30.5. The first-order valence-corrected chi connectivity index (χ1v) is 14.9. The number of aliphatic imine (C=N–C) groups is 2. The van der Waals surface area contributed by atoms with Crippen molar-refractivity contribution in [3.05, 3.63) is 95.1 Å². The molecular formula is C34H46Cl2N6O2. The first-order chi connectivity index (χ1) is 20.4. The number of carbonyl (C=O) groups excluding carboxylic acids is 2. The maximum absolute atomic E-state index is 12.9. The van der Waals surface area contributed by atoms with Crippen LogP contribution in [0, 0.1) is 0 Å². The number of rotatable bonds is 12. The van der Waals surface area contributed by atoms with Crippen molar-refractivity contribution in [2.75, 3.05) is 49.9 Å². The maximum Gasteiger partial charge on any atom is 0.255 e. The molecule has 238 valence electrons. The van der Waals surface area contributed by atoms with Gasteiger partial charge in [0, 0.05) is 72.9 Å². The summed E-state index contributed by atoms with van der Waals surface area (Å²) in [5, 5.41) is 5.87. The number of hydrogen-bond donors (Lipinski definition) is 2. The number of carbonyl (C=O) groups is 2. The molecule has 0 bridgehead atoms. The summed E-state index contributed by atoms with van der Waals surface area (Å²) >= 11 is 0. The van der Waals surface area contributed by atoms with Gasteiger partial charge in [-0.25, -0.2) is 0 Å². The number of anilines is 2. The monoisotopic (exact) mass is 640 g/mol. The third-order valence-electron chi connectivity index (χ3n) is 6.95. The average molecular weight is 642 g/mol. The number of amides is 2. The molecule has 8 nitrogen and oxygen atoms in total. The normalized spacial score (nSPS) is 11.1. The molecule has 10 heteroatoms. The van der Waals surface area contributed by atoms with Gasteiger partial charge in [-0.05, 0) is 114 Å². The molecule has 3 aromatic rings. The van der Waals surface area contributed by atoms with E-state index in [4.69, 9.17) is 0 Å². The van der Waals surface area contributed by atoms with Gasteiger partial charge in [0.2, 0.25) is 0 Å². The Hall–Kier alpha value is -3.88. The van der Waals surface area contributed by atoms with Crippen LogP contribution in [0.2, 0.25) is 0 Å². The van der Waals surface area contributed by atoms with Gasteiger partial charge in [0.05, 0.1) is 0 Å². The predicted octanol–water partition coefficient (Wildman–Crippen LogP) is 7.25. The second kappa shape index (κ2) is 19.4. The molecule has 0 unspecified atom stereocenters. The summed E-state index contributed by atoms with van der Waals surface area (Å²) in [5.41, 5.74) is 4.35. The van der Waals surface area contributed by atoms with Crippen molar-refractivity contribution in [1.82, 2.24) is 9.80 Å². The second-order valence-electron chi connectivity index (χ2n) is 9.58. The topological polar surface area (TPSA) is 89.4 Å². The summed E-state index contributed by atoms with van der Waals surface area (Å²) in [6, 6.07) is 22.1. The van der Waals surface area contributed by atoms with E-state index in [1.165, 1.54) is 0 Å². The van der Waals surface area contributed by atoms with Crippen molar-refractivity contribution < 1.29 is 9.59 Å². The molecule has 0 aromatic heterocycles. The number of benzene rings is 3. The van der Waals surface area contributed by atoms with Gasteiger partial charge in [-0.1, -0.05) is 0 Å². The molecule has 2 N–H and O–H groups in total. The first kappa shape index (κ1) is 38.1. The van der Waals surface area contributed by atoms with Crippen LogP contribution in [0.3, 0.4) is 0 Å². The van der Waals surface area contributed by atoms with Gasteiger partial charge in [0.25, 0.3) is 11.8 Å². The lowest BCUT2D eigenvalue weighted by atomic mass is 10.1. The Bertz CT molecular complexity index is 1260. The molecule has 0 aliphatic carbocycles. The fourth-order valence-corrected chi connectivity index (χ4v) is 4.68. The molecule has 0 aliphatic rings. The van der Waals surface area contributed by atoms with Crippen LogP contribution in [-0.4, -0.2) is 72.6 Å². The van der Waals surface area contributed by atoms with Crippen LogP contribution >= 0.6 is 24.8 Å². The Kier molecular flexibility index (Phi) is 16.8. The van der Waals surface area contributed by atoms with Crippen molar-refractivity contribution in [2.45, 2.75) is 41.5 Å². The lowest BCUT2D eigenvalue weighted by Crippen LogP contribution is -2.31. The van der Waals surface area contributed by atoms with Crippen LogP contribution in [-0.2, 0) is 0 Å². The lowest BCUT2D eigenvalue weighted by Gasteiger charge is -2.23. The molecule has 0 saturated carbocycles. The summed E-state index contributed by atoms with van der Waals surface area (Å²) in [6.07, 6.45) is 0. The zero-order valence-corrected chi connectivity index (χ0v) is 28.2. The minimum absolute atomic E-state index is 0. The summed E-state index contributed by atoms with van der Waals surface area (Å²) < 4.78 is 0. The molecule has 0 spiro atoms. The lowest BCUT2D eigenvalue weighted by molar-refractivity contribution is 0.101. The van der Waals surface area contributed by atoms with Crippen molar-refractivity contribution in [3.63, 3.8) is 0 Å². The molecule has 3 aromatic carbocycles. The van der Waals surface area contributed by atoms with Crippen LogP contribution < -0.4 is 10.6 Å². The van der Waals surface area contributed by atoms with E-state index in [-0.39, 0.29) is 36.6 Å². The van der Waals surface area contributed by atoms with Crippen molar-refractivity contribution in [2.24, 2.45) is 9.98 Å². The van der Waals surface area contributed by atoms with Gasteiger partial charge >= 0.3 is 0 Å². The molecule has 3 rings (SSSR count). The van der Waals surface area contributed by atoms with Crippen LogP contribution in [0.1, 0.15) is 73.4 Å². The first-order valence-electron chi connectivity index (χ1n) is 14.9. The van der Waals surface area contributed by atoms with E-state index >= 15 is 0 Å². The van der Waals surface area contributed by atoms with E-state index in [2.05, 4.69) is 58.1 Å². The number of amidine groups is 2. The Labute approximate surface area is 274 Å². The molecule has 44 heavy (non-hydrogen) atoms. The highest BCUT2D eigenvalue weighted by atomic mass is 35.5. The predicted molar refractivity (Wildman–Crippen MR) is 190 cm³/mol. The minimum atomic E-state index is -0.241. The second-order valence-corrected chi connectivity index (χ2v) is 9.58. The SMILES string of the molecule is CCN=C(c1ccc(NC(=O)c2ccc(C(=O)Nc3ccc(C(=NCC)N(CC)CC)cc3)cc2)cc1)N(CC)CC.Cl.Cl. The van der Waals surface area contributed by atoms with Crippen LogP contribution in [0.25, 0.3) is 0 Å². The quantitative estimate of drug-likeness (QED) is 0.161. The highest BCUT2D eigenvalue weighted by Gasteiger charge is 2.14. The molecule has 2 amide bonds. The third-order valence-corrected chi connectivity index (χ3v) is 6.95. The Morgan fingerprint density at radius 3 is 1.02 bits per heavy atom. The van der Waals surface area contributed by atoms with E-state index in [0.717, 1.165) is 49.0 Å². The van der Waals surface area contributed by atoms with E-state index in [0.29, 0.717) is 35.6 Å². The highest BCUT2D eigenvalue weighted by Crippen LogP contribution is 2.17. The molecule has 0 saturated heterocycles. The molecule has 0 aliphatic heterocycles. The van der Waals surface area contributed by atoms with Crippen LogP contribution in [0.15, 0.2) is 82.8 Å². The zero-order valence-electron chi connectivity index (χ0n) is 26.6. The highest BCUT2D eigenvalue weighted by molar-refractivity contribution is 6.08. The Morgan fingerprint density at radius 1 is 0.500 bits per heavy atom. The van der Waals surface area contributed by atoms with Gasteiger partial charge in [-0.2, -0.15) is 0 Å². The van der Waals surface area contributed by atoms with Crippen molar-refractivity contribution in [1.29, 1.82) is 0 Å². The number of nitrogens with zero attached hydrogens (tertiary/aromatic N) is 4. The largest absolute Gasteiger partial charge is 0.357 e. The Morgan fingerprint density at radius 2 is 0.773 bits per heavy atom. The summed E-state index contributed by atoms with van der Waals surface area (Å²) in [5.74, 6) is 1.43. The van der Waals surface area contributed by atoms with Crippen LogP contribution in [0.5, 0.6) is 0 Å². The van der Waals surface area contributed by atoms with E-state index < -0.39 is 0 Å². The molecule has 0 fully saturated rings. The standard InChI is InChI=1S/C34H44N6O2.2ClH/c1-7-35-31(39(9-3)10-4)25-17-21-29(22-18-25)37-33(41)27-13-15-28(16-14-27)34(42)38-30-23-19-26(20-24-30)32(36-8-2)40(11-5)12-6;;/h13-24H,7-12H2,1-6H3,(H,37,41)(H,38,42);2*1H. The summed E-state index contributed by atoms with van der Waals surface area (Å²) in [6.45, 7) is 17.4. The van der Waals surface area contributed by atoms with Crippen molar-refractivity contribution in [3.8, 4) is 0 Å². The molecule has 0 heterocycles. The van der Waals surface area contributed by atoms with E-state index in [1.54, 1.807) is 24.3 Å². The van der Waals surface area contributed by atoms with Crippen molar-refractivity contribution >= 4 is 59.7 Å². The third kappa shape index (κ3) is 10.1. The summed E-state index contributed by atoms with van der Waals surface area (Å²) in [4.78, 5) is 39.5. The van der Waals surface area contributed by atoms with Gasteiger partial charge in [0.1, 0.15) is 11.7 Å². The van der Waals surface area contributed by atoms with Gasteiger partial charge in [-0.15, -0.1) is 24.8 Å². The molecule has 0 radical (unpaired) electrons. The number of halogens is 2. The average Bonchev–Trinajstić information content (AvgIpc) is 3.02. The summed E-state index contributed by atoms with van der Waals surface area (Å²) in [7, 11) is 0. The van der Waals surface area contributed by atoms with E-state index in [9.17, 15) is 9.59 Å². The van der Waals surface area contributed by atoms with E-state index in [1.807, 2.05) is 62.4 Å². The number of nitrogens with one attached hydrogen (secondary N) is 2. The smallest absolute Gasteiger partial charge is 0.255 e. The Balaban J connectivity index is 0.00000484. The molecule has 0 atom stereocenters. The fourth-order valence-electron chi connectivity index (χ4n) is 4.68. The van der Waals surface area contributed by atoms with Gasteiger partial charge < -0.3 is 20.4 Å². The fraction of sp³-hybridized carbons (Fsp3) is 0.353. The van der Waals surface area contributed by atoms with Gasteiger partial charge in [0.15, 0.2) is 0 Å². The van der Waals surface area contributed by atoms with Crippen LogP contribution in [0.4, 0.5) is 11.4 Å².